The van der Waals surface area contributed by atoms with E-state index in [4.69, 9.17) is 9.15 Å². The maximum Gasteiger partial charge on any atom is 0.308 e. The number of methoxy groups -OCH3 is 1. The molecule has 0 bridgehead atoms. The van der Waals surface area contributed by atoms with Crippen LogP contribution < -0.4 is 4.90 Å². The van der Waals surface area contributed by atoms with Gasteiger partial charge in [0.2, 0.25) is 0 Å². The van der Waals surface area contributed by atoms with Gasteiger partial charge in [-0.3, -0.25) is 4.79 Å². The minimum atomic E-state index is -0.0649. The summed E-state index contributed by atoms with van der Waals surface area (Å²) >= 11 is 0. The summed E-state index contributed by atoms with van der Waals surface area (Å²) in [4.78, 5) is 13.6. The van der Waals surface area contributed by atoms with Gasteiger partial charge >= 0.3 is 5.97 Å². The lowest BCUT2D eigenvalue weighted by atomic mass is 9.85. The van der Waals surface area contributed by atoms with Crippen molar-refractivity contribution in [2.75, 3.05) is 19.1 Å². The Labute approximate surface area is 108 Å². The molecule has 1 heterocycles. The number of furan rings is 1. The molecular weight excluding hydrogens is 230 g/mol. The standard InChI is InChI=1S/C14H21NO3/c1-10-4-9-13(18-10)15(2)12-7-5-11(6-8-12)14(16)17-3/h4,9,11-12H,5-8H2,1-3H3. The molecule has 0 aromatic carbocycles. The van der Waals surface area contributed by atoms with Gasteiger partial charge in [-0.2, -0.15) is 0 Å². The lowest BCUT2D eigenvalue weighted by Crippen LogP contribution is -2.36. The second kappa shape index (κ2) is 5.46. The zero-order valence-electron chi connectivity index (χ0n) is 11.3. The van der Waals surface area contributed by atoms with Crippen molar-refractivity contribution in [2.24, 2.45) is 5.92 Å². The first-order chi connectivity index (χ1) is 8.61. The van der Waals surface area contributed by atoms with E-state index >= 15 is 0 Å². The number of nitrogens with zero attached hydrogens (tertiary/aromatic N) is 1. The number of hydrogen-bond acceptors (Lipinski definition) is 4. The van der Waals surface area contributed by atoms with Gasteiger partial charge in [0.05, 0.1) is 13.0 Å². The molecule has 2 rings (SSSR count). The maximum atomic E-state index is 11.5. The number of anilines is 1. The third-order valence-electron chi connectivity index (χ3n) is 3.85. The topological polar surface area (TPSA) is 42.7 Å². The van der Waals surface area contributed by atoms with Crippen LogP contribution in [0.5, 0.6) is 0 Å². The van der Waals surface area contributed by atoms with Crippen LogP contribution in [0.3, 0.4) is 0 Å². The van der Waals surface area contributed by atoms with Crippen LogP contribution in [-0.4, -0.2) is 26.2 Å². The monoisotopic (exact) mass is 251 g/mol. The summed E-state index contributed by atoms with van der Waals surface area (Å²) in [6.45, 7) is 1.95. The zero-order chi connectivity index (χ0) is 13.1. The fraction of sp³-hybridized carbons (Fsp3) is 0.643. The van der Waals surface area contributed by atoms with E-state index in [-0.39, 0.29) is 11.9 Å². The first-order valence-electron chi connectivity index (χ1n) is 6.49. The van der Waals surface area contributed by atoms with Gasteiger partial charge < -0.3 is 14.1 Å². The van der Waals surface area contributed by atoms with Gasteiger partial charge in [0.15, 0.2) is 5.88 Å². The largest absolute Gasteiger partial charge is 0.469 e. The average molecular weight is 251 g/mol. The van der Waals surface area contributed by atoms with Gasteiger partial charge in [-0.25, -0.2) is 0 Å². The number of ether oxygens (including phenoxy) is 1. The van der Waals surface area contributed by atoms with E-state index in [1.54, 1.807) is 0 Å². The molecule has 1 aliphatic rings. The number of aryl methyl sites for hydroxylation is 1. The van der Waals surface area contributed by atoms with Crippen molar-refractivity contribution >= 4 is 11.9 Å². The highest BCUT2D eigenvalue weighted by Crippen LogP contribution is 2.30. The third kappa shape index (κ3) is 2.68. The Morgan fingerprint density at radius 3 is 2.50 bits per heavy atom. The number of carbonyl (C=O) groups excluding carboxylic acids is 1. The smallest absolute Gasteiger partial charge is 0.308 e. The van der Waals surface area contributed by atoms with Crippen molar-refractivity contribution in [1.29, 1.82) is 0 Å². The highest BCUT2D eigenvalue weighted by molar-refractivity contribution is 5.72. The SMILES string of the molecule is COC(=O)C1CCC(N(C)c2ccc(C)o2)CC1. The summed E-state index contributed by atoms with van der Waals surface area (Å²) in [5.41, 5.74) is 0. The second-order valence-corrected chi connectivity index (χ2v) is 5.02. The molecule has 0 aliphatic heterocycles. The zero-order valence-corrected chi connectivity index (χ0v) is 11.3. The lowest BCUT2D eigenvalue weighted by Gasteiger charge is -2.33. The summed E-state index contributed by atoms with van der Waals surface area (Å²) in [5, 5.41) is 0. The van der Waals surface area contributed by atoms with E-state index in [0.717, 1.165) is 37.3 Å². The molecule has 0 radical (unpaired) electrons. The molecule has 0 unspecified atom stereocenters. The van der Waals surface area contributed by atoms with E-state index in [2.05, 4.69) is 11.9 Å². The van der Waals surface area contributed by atoms with Crippen LogP contribution in [0.25, 0.3) is 0 Å². The van der Waals surface area contributed by atoms with Crippen molar-refractivity contribution in [3.8, 4) is 0 Å². The molecule has 0 spiro atoms. The quantitative estimate of drug-likeness (QED) is 0.775. The van der Waals surface area contributed by atoms with E-state index < -0.39 is 0 Å². The fourth-order valence-electron chi connectivity index (χ4n) is 2.66. The Kier molecular flexibility index (Phi) is 3.94. The van der Waals surface area contributed by atoms with E-state index in [9.17, 15) is 4.79 Å². The molecule has 4 nitrogen and oxygen atoms in total. The second-order valence-electron chi connectivity index (χ2n) is 5.02. The van der Waals surface area contributed by atoms with Gasteiger partial charge in [-0.15, -0.1) is 0 Å². The highest BCUT2D eigenvalue weighted by atomic mass is 16.5. The van der Waals surface area contributed by atoms with Crippen LogP contribution in [0.1, 0.15) is 31.4 Å². The van der Waals surface area contributed by atoms with E-state index in [0.29, 0.717) is 6.04 Å². The predicted octanol–water partition coefficient (Wildman–Crippen LogP) is 2.76. The van der Waals surface area contributed by atoms with Gasteiger partial charge in [-0.05, 0) is 38.7 Å². The Hall–Kier alpha value is -1.45. The number of hydrogen-bond donors (Lipinski definition) is 0. The number of rotatable bonds is 3. The van der Waals surface area contributed by atoms with Crippen molar-refractivity contribution in [3.63, 3.8) is 0 Å². The van der Waals surface area contributed by atoms with Crippen molar-refractivity contribution < 1.29 is 13.9 Å². The predicted molar refractivity (Wildman–Crippen MR) is 69.6 cm³/mol. The summed E-state index contributed by atoms with van der Waals surface area (Å²) < 4.78 is 10.4. The Morgan fingerprint density at radius 1 is 1.33 bits per heavy atom. The average Bonchev–Trinajstić information content (AvgIpc) is 2.84. The maximum absolute atomic E-state index is 11.5. The molecule has 1 aromatic rings. The first-order valence-corrected chi connectivity index (χ1v) is 6.49. The van der Waals surface area contributed by atoms with Crippen molar-refractivity contribution in [1.82, 2.24) is 0 Å². The third-order valence-corrected chi connectivity index (χ3v) is 3.85. The summed E-state index contributed by atoms with van der Waals surface area (Å²) in [6.07, 6.45) is 3.83. The molecule has 4 heteroatoms. The summed E-state index contributed by atoms with van der Waals surface area (Å²) in [5.74, 6) is 1.86. The molecular formula is C14H21NO3. The molecule has 0 amide bonds. The van der Waals surface area contributed by atoms with Crippen LogP contribution in [0.4, 0.5) is 5.88 Å². The molecule has 0 atom stereocenters. The molecule has 100 valence electrons. The Morgan fingerprint density at radius 2 is 2.00 bits per heavy atom. The molecule has 0 N–H and O–H groups in total. The normalized spacial score (nSPS) is 23.7. The first kappa shape index (κ1) is 13.0. The molecule has 18 heavy (non-hydrogen) atoms. The Balaban J connectivity index is 1.91. The van der Waals surface area contributed by atoms with Gasteiger partial charge in [0.1, 0.15) is 5.76 Å². The Bertz CT molecular complexity index is 405. The minimum absolute atomic E-state index is 0.0649. The van der Waals surface area contributed by atoms with Gasteiger partial charge in [0, 0.05) is 19.2 Å². The van der Waals surface area contributed by atoms with Crippen LogP contribution in [0.2, 0.25) is 0 Å². The van der Waals surface area contributed by atoms with Crippen LogP contribution in [-0.2, 0) is 9.53 Å². The fourth-order valence-corrected chi connectivity index (χ4v) is 2.66. The highest BCUT2D eigenvalue weighted by Gasteiger charge is 2.29. The molecule has 1 saturated carbocycles. The molecule has 1 aromatic heterocycles. The van der Waals surface area contributed by atoms with E-state index in [1.165, 1.54) is 7.11 Å². The number of carbonyl (C=O) groups is 1. The molecule has 1 fully saturated rings. The van der Waals surface area contributed by atoms with Crippen molar-refractivity contribution in [3.05, 3.63) is 17.9 Å². The van der Waals surface area contributed by atoms with Crippen LogP contribution in [0, 0.1) is 12.8 Å². The molecule has 0 saturated heterocycles. The van der Waals surface area contributed by atoms with Gasteiger partial charge in [-0.1, -0.05) is 0 Å². The molecule has 1 aliphatic carbocycles. The summed E-state index contributed by atoms with van der Waals surface area (Å²) in [7, 11) is 3.52. The van der Waals surface area contributed by atoms with E-state index in [1.807, 2.05) is 19.1 Å². The van der Waals surface area contributed by atoms with Crippen molar-refractivity contribution in [2.45, 2.75) is 38.6 Å². The van der Waals surface area contributed by atoms with Gasteiger partial charge in [0.25, 0.3) is 0 Å². The van der Waals surface area contributed by atoms with Crippen LogP contribution >= 0.6 is 0 Å². The lowest BCUT2D eigenvalue weighted by molar-refractivity contribution is -0.146. The van der Waals surface area contributed by atoms with Crippen LogP contribution in [0.15, 0.2) is 16.5 Å². The number of esters is 1. The summed E-state index contributed by atoms with van der Waals surface area (Å²) in [6, 6.07) is 4.43. The minimum Gasteiger partial charge on any atom is -0.469 e.